The molecule has 2 aromatic rings. The minimum Gasteiger partial charge on any atom is -0.352 e. The number of anilines is 2. The van der Waals surface area contributed by atoms with Crippen molar-refractivity contribution in [3.63, 3.8) is 0 Å². The topological polar surface area (TPSA) is 78.5 Å². The number of nitrogens with zero attached hydrogens (tertiary/aromatic N) is 1. The van der Waals surface area contributed by atoms with E-state index in [2.05, 4.69) is 10.6 Å². The fourth-order valence-electron chi connectivity index (χ4n) is 3.07. The summed E-state index contributed by atoms with van der Waals surface area (Å²) < 4.78 is 0. The van der Waals surface area contributed by atoms with Gasteiger partial charge >= 0.3 is 0 Å². The molecule has 6 nitrogen and oxygen atoms in total. The summed E-state index contributed by atoms with van der Waals surface area (Å²) in [5.74, 6) is -0.421. The molecule has 0 aliphatic carbocycles. The first-order chi connectivity index (χ1) is 12.5. The predicted octanol–water partition coefficient (Wildman–Crippen LogP) is 2.60. The lowest BCUT2D eigenvalue weighted by atomic mass is 10.1. The number of hydrogen-bond acceptors (Lipinski definition) is 3. The zero-order chi connectivity index (χ0) is 18.7. The molecule has 0 aromatic heterocycles. The second kappa shape index (κ2) is 7.39. The van der Waals surface area contributed by atoms with Crippen LogP contribution in [0.25, 0.3) is 0 Å². The third-order valence-electron chi connectivity index (χ3n) is 4.34. The van der Waals surface area contributed by atoms with Crippen LogP contribution in [0.15, 0.2) is 42.5 Å². The summed E-state index contributed by atoms with van der Waals surface area (Å²) in [7, 11) is 0. The van der Waals surface area contributed by atoms with Gasteiger partial charge in [-0.3, -0.25) is 14.4 Å². The molecule has 0 saturated carbocycles. The number of hydrogen-bond donors (Lipinski definition) is 2. The van der Waals surface area contributed by atoms with Crippen molar-refractivity contribution in [2.75, 3.05) is 23.3 Å². The van der Waals surface area contributed by atoms with E-state index < -0.39 is 0 Å². The molecule has 2 N–H and O–H groups in total. The molecule has 6 heteroatoms. The zero-order valence-corrected chi connectivity index (χ0v) is 14.8. The molecule has 0 fully saturated rings. The van der Waals surface area contributed by atoms with Crippen molar-refractivity contribution in [1.82, 2.24) is 5.32 Å². The van der Waals surface area contributed by atoms with Gasteiger partial charge < -0.3 is 15.5 Å². The maximum absolute atomic E-state index is 12.5. The Morgan fingerprint density at radius 1 is 1.04 bits per heavy atom. The Hall–Kier alpha value is -3.15. The molecule has 0 bridgehead atoms. The molecule has 3 rings (SSSR count). The second-order valence-corrected chi connectivity index (χ2v) is 6.16. The minimum absolute atomic E-state index is 0.00289. The van der Waals surface area contributed by atoms with Crippen LogP contribution in [0.3, 0.4) is 0 Å². The Morgan fingerprint density at radius 3 is 2.54 bits per heavy atom. The third kappa shape index (κ3) is 3.59. The van der Waals surface area contributed by atoms with Gasteiger partial charge in [-0.25, -0.2) is 0 Å². The molecular weight excluding hydrogens is 330 g/mol. The van der Waals surface area contributed by atoms with E-state index in [0.717, 1.165) is 17.7 Å². The standard InChI is InChI=1S/C20H21N3O3/c1-3-21-19(25)15-5-4-6-17(12-15)22-20(26)16-7-8-18-14(11-16)9-10-23(18)13(2)24/h4-8,11-12H,3,9-10H2,1-2H3,(H,21,25)(H,22,26). The second-order valence-electron chi connectivity index (χ2n) is 6.16. The molecule has 1 aliphatic heterocycles. The lowest BCUT2D eigenvalue weighted by Gasteiger charge is -2.15. The summed E-state index contributed by atoms with van der Waals surface area (Å²) in [5.41, 5.74) is 3.44. The zero-order valence-electron chi connectivity index (χ0n) is 14.8. The molecule has 0 unspecified atom stereocenters. The van der Waals surface area contributed by atoms with Gasteiger partial charge in [0.2, 0.25) is 5.91 Å². The van der Waals surface area contributed by atoms with E-state index in [1.807, 2.05) is 19.1 Å². The molecule has 0 saturated heterocycles. The van der Waals surface area contributed by atoms with E-state index >= 15 is 0 Å². The van der Waals surface area contributed by atoms with Gasteiger partial charge in [0.05, 0.1) is 0 Å². The lowest BCUT2D eigenvalue weighted by Crippen LogP contribution is -2.25. The fraction of sp³-hybridized carbons (Fsp3) is 0.250. The molecule has 0 spiro atoms. The number of carbonyl (C=O) groups is 3. The van der Waals surface area contributed by atoms with Gasteiger partial charge in [-0.2, -0.15) is 0 Å². The van der Waals surface area contributed by atoms with Gasteiger partial charge in [0, 0.05) is 42.5 Å². The van der Waals surface area contributed by atoms with E-state index in [1.165, 1.54) is 6.92 Å². The highest BCUT2D eigenvalue weighted by Crippen LogP contribution is 2.29. The predicted molar refractivity (Wildman–Crippen MR) is 101 cm³/mol. The number of fused-ring (bicyclic) bond motifs is 1. The van der Waals surface area contributed by atoms with Crippen LogP contribution in [0.5, 0.6) is 0 Å². The van der Waals surface area contributed by atoms with Crippen molar-refractivity contribution in [1.29, 1.82) is 0 Å². The summed E-state index contributed by atoms with van der Waals surface area (Å²) in [6, 6.07) is 12.2. The Bertz CT molecular complexity index is 876. The molecule has 26 heavy (non-hydrogen) atoms. The maximum atomic E-state index is 12.5. The molecule has 134 valence electrons. The molecule has 3 amide bonds. The summed E-state index contributed by atoms with van der Waals surface area (Å²) in [5, 5.41) is 5.55. The van der Waals surface area contributed by atoms with E-state index in [1.54, 1.807) is 35.2 Å². The van der Waals surface area contributed by atoms with Gasteiger partial charge in [0.1, 0.15) is 0 Å². The highest BCUT2D eigenvalue weighted by atomic mass is 16.2. The van der Waals surface area contributed by atoms with E-state index in [0.29, 0.717) is 29.9 Å². The van der Waals surface area contributed by atoms with Crippen LogP contribution in [0.1, 0.15) is 40.1 Å². The first-order valence-corrected chi connectivity index (χ1v) is 8.60. The molecule has 2 aromatic carbocycles. The van der Waals surface area contributed by atoms with Crippen LogP contribution < -0.4 is 15.5 Å². The van der Waals surface area contributed by atoms with Crippen LogP contribution in [0, 0.1) is 0 Å². The fourth-order valence-corrected chi connectivity index (χ4v) is 3.07. The van der Waals surface area contributed by atoms with Crippen LogP contribution in [0.2, 0.25) is 0 Å². The highest BCUT2D eigenvalue weighted by molar-refractivity contribution is 6.06. The van der Waals surface area contributed by atoms with Crippen molar-refractivity contribution in [2.45, 2.75) is 20.3 Å². The molecule has 1 aliphatic rings. The van der Waals surface area contributed by atoms with Crippen molar-refractivity contribution in [3.05, 3.63) is 59.2 Å². The summed E-state index contributed by atoms with van der Waals surface area (Å²) >= 11 is 0. The summed E-state index contributed by atoms with van der Waals surface area (Å²) in [4.78, 5) is 37.8. The Morgan fingerprint density at radius 2 is 1.81 bits per heavy atom. The number of carbonyl (C=O) groups excluding carboxylic acids is 3. The average molecular weight is 351 g/mol. The molecular formula is C20H21N3O3. The van der Waals surface area contributed by atoms with Crippen molar-refractivity contribution in [3.8, 4) is 0 Å². The summed E-state index contributed by atoms with van der Waals surface area (Å²) in [6.07, 6.45) is 0.739. The monoisotopic (exact) mass is 351 g/mol. The van der Waals surface area contributed by atoms with Gasteiger partial charge in [-0.1, -0.05) is 6.07 Å². The summed E-state index contributed by atoms with van der Waals surface area (Å²) in [6.45, 7) is 4.58. The lowest BCUT2D eigenvalue weighted by molar-refractivity contribution is -0.116. The van der Waals surface area contributed by atoms with Crippen molar-refractivity contribution in [2.24, 2.45) is 0 Å². The quantitative estimate of drug-likeness (QED) is 0.889. The largest absolute Gasteiger partial charge is 0.352 e. The van der Waals surface area contributed by atoms with Crippen LogP contribution in [-0.4, -0.2) is 30.8 Å². The maximum Gasteiger partial charge on any atom is 0.255 e. The number of amides is 3. The first kappa shape index (κ1) is 17.7. The smallest absolute Gasteiger partial charge is 0.255 e. The minimum atomic E-state index is -0.248. The third-order valence-corrected chi connectivity index (χ3v) is 4.34. The van der Waals surface area contributed by atoms with Crippen LogP contribution >= 0.6 is 0 Å². The molecule has 1 heterocycles. The van der Waals surface area contributed by atoms with Crippen molar-refractivity contribution < 1.29 is 14.4 Å². The SMILES string of the molecule is CCNC(=O)c1cccc(NC(=O)c2ccc3c(c2)CCN3C(C)=O)c1. The van der Waals surface area contributed by atoms with Gasteiger partial charge in [-0.15, -0.1) is 0 Å². The highest BCUT2D eigenvalue weighted by Gasteiger charge is 2.23. The van der Waals surface area contributed by atoms with E-state index in [-0.39, 0.29) is 17.7 Å². The van der Waals surface area contributed by atoms with Gasteiger partial charge in [0.15, 0.2) is 0 Å². The van der Waals surface area contributed by atoms with Gasteiger partial charge in [0.25, 0.3) is 11.8 Å². The van der Waals surface area contributed by atoms with E-state index in [4.69, 9.17) is 0 Å². The Balaban J connectivity index is 1.76. The number of benzene rings is 2. The van der Waals surface area contributed by atoms with Crippen LogP contribution in [0.4, 0.5) is 11.4 Å². The first-order valence-electron chi connectivity index (χ1n) is 8.60. The molecule has 0 radical (unpaired) electrons. The number of nitrogens with one attached hydrogen (secondary N) is 2. The number of rotatable bonds is 4. The van der Waals surface area contributed by atoms with Gasteiger partial charge in [-0.05, 0) is 55.3 Å². The average Bonchev–Trinajstić information content (AvgIpc) is 3.05. The van der Waals surface area contributed by atoms with E-state index in [9.17, 15) is 14.4 Å². The van der Waals surface area contributed by atoms with Crippen molar-refractivity contribution >= 4 is 29.1 Å². The van der Waals surface area contributed by atoms with Crippen LogP contribution in [-0.2, 0) is 11.2 Å². The normalized spacial score (nSPS) is 12.5. The Kier molecular flexibility index (Phi) is 5.02. The Labute approximate surface area is 152 Å². The molecule has 0 atom stereocenters.